The zero-order valence-electron chi connectivity index (χ0n) is 17.3. The van der Waals surface area contributed by atoms with Crippen LogP contribution in [-0.2, 0) is 14.3 Å². The second-order valence-corrected chi connectivity index (χ2v) is 10.2. The molecule has 0 saturated heterocycles. The van der Waals surface area contributed by atoms with E-state index in [-0.39, 0.29) is 41.0 Å². The van der Waals surface area contributed by atoms with Gasteiger partial charge in [-0.05, 0) is 79.1 Å². The number of ether oxygens (including phenoxy) is 1. The minimum absolute atomic E-state index is 0.0409. The molecule has 0 aliphatic heterocycles. The third kappa shape index (κ3) is 2.97. The standard InChI is InChI=1S/C23H34O5/c1-13(24)28-12-20(27)18-7-6-17-16-5-4-14-10-15(25)8-9-22(14,2)21(16)19(26)11-23(17,18)3/h10,16-21,26-27H,4-9,11-12H2,1-3H3/t16-,17-,18?,19-,20-,21+,22-,23-/m0/s1. The van der Waals surface area contributed by atoms with Gasteiger partial charge in [0, 0.05) is 13.3 Å². The van der Waals surface area contributed by atoms with Crippen LogP contribution in [0.1, 0.15) is 65.7 Å². The summed E-state index contributed by atoms with van der Waals surface area (Å²) in [6, 6.07) is 0. The maximum absolute atomic E-state index is 12.0. The lowest BCUT2D eigenvalue weighted by Crippen LogP contribution is -2.57. The van der Waals surface area contributed by atoms with E-state index < -0.39 is 12.2 Å². The summed E-state index contributed by atoms with van der Waals surface area (Å²) >= 11 is 0. The Bertz CT molecular complexity index is 699. The molecule has 8 atom stereocenters. The number of hydrogen-bond donors (Lipinski definition) is 2. The van der Waals surface area contributed by atoms with Gasteiger partial charge in [-0.15, -0.1) is 0 Å². The van der Waals surface area contributed by atoms with Gasteiger partial charge in [0.25, 0.3) is 0 Å². The number of allylic oxidation sites excluding steroid dienone is 1. The van der Waals surface area contributed by atoms with Crippen molar-refractivity contribution in [3.05, 3.63) is 11.6 Å². The fraction of sp³-hybridized carbons (Fsp3) is 0.826. The van der Waals surface area contributed by atoms with Gasteiger partial charge in [0.2, 0.25) is 0 Å². The number of aliphatic hydroxyl groups excluding tert-OH is 2. The van der Waals surface area contributed by atoms with Crippen LogP contribution in [0.5, 0.6) is 0 Å². The molecule has 0 spiro atoms. The van der Waals surface area contributed by atoms with Crippen LogP contribution >= 0.6 is 0 Å². The number of ketones is 1. The Morgan fingerprint density at radius 2 is 2.04 bits per heavy atom. The predicted octanol–water partition coefficient (Wildman–Crippen LogP) is 3.03. The van der Waals surface area contributed by atoms with E-state index in [9.17, 15) is 19.8 Å². The fourth-order valence-electron chi connectivity index (χ4n) is 7.68. The Morgan fingerprint density at radius 3 is 2.75 bits per heavy atom. The van der Waals surface area contributed by atoms with E-state index in [1.807, 2.05) is 6.08 Å². The Labute approximate surface area is 167 Å². The lowest BCUT2D eigenvalue weighted by Gasteiger charge is -2.60. The van der Waals surface area contributed by atoms with Crippen LogP contribution in [0.15, 0.2) is 11.6 Å². The van der Waals surface area contributed by atoms with Crippen molar-refractivity contribution in [1.29, 1.82) is 0 Å². The maximum Gasteiger partial charge on any atom is 0.302 e. The van der Waals surface area contributed by atoms with Crippen molar-refractivity contribution in [3.8, 4) is 0 Å². The first kappa shape index (κ1) is 20.1. The summed E-state index contributed by atoms with van der Waals surface area (Å²) in [7, 11) is 0. The SMILES string of the molecule is CC(=O)OC[C@H](O)C1CC[C@H]2[C@@H]3CCC4=CC(=O)CC[C@]4(C)[C@H]3[C@@H](O)C[C@]12C. The molecule has 156 valence electrons. The van der Waals surface area contributed by atoms with E-state index in [2.05, 4.69) is 13.8 Å². The minimum Gasteiger partial charge on any atom is -0.463 e. The summed E-state index contributed by atoms with van der Waals surface area (Å²) in [4.78, 5) is 23.1. The number of fused-ring (bicyclic) bond motifs is 5. The molecule has 3 fully saturated rings. The van der Waals surface area contributed by atoms with Gasteiger partial charge in [-0.25, -0.2) is 0 Å². The zero-order chi connectivity index (χ0) is 20.3. The number of hydrogen-bond acceptors (Lipinski definition) is 5. The Balaban J connectivity index is 1.60. The third-order valence-corrected chi connectivity index (χ3v) is 8.89. The highest BCUT2D eigenvalue weighted by Crippen LogP contribution is 2.66. The second-order valence-electron chi connectivity index (χ2n) is 10.2. The summed E-state index contributed by atoms with van der Waals surface area (Å²) < 4.78 is 5.08. The predicted molar refractivity (Wildman–Crippen MR) is 104 cm³/mol. The van der Waals surface area contributed by atoms with Gasteiger partial charge in [-0.3, -0.25) is 9.59 Å². The van der Waals surface area contributed by atoms with E-state index in [1.54, 1.807) is 0 Å². The molecule has 0 heterocycles. The zero-order valence-corrected chi connectivity index (χ0v) is 17.3. The molecule has 5 heteroatoms. The van der Waals surface area contributed by atoms with Gasteiger partial charge in [-0.2, -0.15) is 0 Å². The summed E-state index contributed by atoms with van der Waals surface area (Å²) in [6.45, 7) is 5.89. The van der Waals surface area contributed by atoms with Gasteiger partial charge in [0.1, 0.15) is 6.61 Å². The van der Waals surface area contributed by atoms with Crippen molar-refractivity contribution >= 4 is 11.8 Å². The van der Waals surface area contributed by atoms with E-state index in [0.29, 0.717) is 24.7 Å². The molecule has 0 radical (unpaired) electrons. The molecule has 1 unspecified atom stereocenters. The topological polar surface area (TPSA) is 83.8 Å². The van der Waals surface area contributed by atoms with Gasteiger partial charge < -0.3 is 14.9 Å². The number of aliphatic hydroxyl groups is 2. The van der Waals surface area contributed by atoms with Crippen LogP contribution < -0.4 is 0 Å². The van der Waals surface area contributed by atoms with Crippen LogP contribution in [0, 0.1) is 34.5 Å². The molecule has 0 amide bonds. The van der Waals surface area contributed by atoms with Crippen molar-refractivity contribution in [2.45, 2.75) is 77.9 Å². The van der Waals surface area contributed by atoms with Gasteiger partial charge in [0.05, 0.1) is 12.2 Å². The molecule has 0 aromatic rings. The molecule has 3 saturated carbocycles. The summed E-state index contributed by atoms with van der Waals surface area (Å²) in [5.74, 6) is 1.00. The Morgan fingerprint density at radius 1 is 1.29 bits per heavy atom. The first-order valence-corrected chi connectivity index (χ1v) is 10.9. The maximum atomic E-state index is 12.0. The molecule has 28 heavy (non-hydrogen) atoms. The molecule has 0 aromatic heterocycles. The van der Waals surface area contributed by atoms with Crippen molar-refractivity contribution in [2.24, 2.45) is 34.5 Å². The summed E-state index contributed by atoms with van der Waals surface area (Å²) in [5.41, 5.74) is 1.03. The van der Waals surface area contributed by atoms with E-state index in [1.165, 1.54) is 12.5 Å². The smallest absolute Gasteiger partial charge is 0.302 e. The number of carbonyl (C=O) groups excluding carboxylic acids is 2. The number of esters is 1. The molecule has 4 aliphatic rings. The van der Waals surface area contributed by atoms with Crippen LogP contribution in [-0.4, -0.2) is 40.8 Å². The van der Waals surface area contributed by atoms with Gasteiger partial charge in [-0.1, -0.05) is 19.4 Å². The average Bonchev–Trinajstić information content (AvgIpc) is 2.96. The number of rotatable bonds is 3. The lowest BCUT2D eigenvalue weighted by molar-refractivity contribution is -0.154. The quantitative estimate of drug-likeness (QED) is 0.724. The Hall–Kier alpha value is -1.20. The van der Waals surface area contributed by atoms with Crippen molar-refractivity contribution < 1.29 is 24.5 Å². The van der Waals surface area contributed by atoms with E-state index in [4.69, 9.17) is 4.74 Å². The lowest BCUT2D eigenvalue weighted by atomic mass is 9.46. The molecule has 5 nitrogen and oxygen atoms in total. The van der Waals surface area contributed by atoms with Crippen molar-refractivity contribution in [3.63, 3.8) is 0 Å². The van der Waals surface area contributed by atoms with Crippen molar-refractivity contribution in [1.82, 2.24) is 0 Å². The first-order valence-electron chi connectivity index (χ1n) is 10.9. The Kier molecular flexibility index (Phi) is 4.98. The highest BCUT2D eigenvalue weighted by molar-refractivity contribution is 5.91. The molecular formula is C23H34O5. The second kappa shape index (κ2) is 6.94. The fourth-order valence-corrected chi connectivity index (χ4v) is 7.68. The number of carbonyl (C=O) groups is 2. The van der Waals surface area contributed by atoms with Crippen LogP contribution in [0.2, 0.25) is 0 Å². The molecule has 0 bridgehead atoms. The summed E-state index contributed by atoms with van der Waals surface area (Å²) in [6.07, 6.45) is 6.81. The summed E-state index contributed by atoms with van der Waals surface area (Å²) in [5, 5.41) is 22.1. The van der Waals surface area contributed by atoms with Gasteiger partial charge >= 0.3 is 5.97 Å². The van der Waals surface area contributed by atoms with Gasteiger partial charge in [0.15, 0.2) is 5.78 Å². The highest BCUT2D eigenvalue weighted by atomic mass is 16.5. The monoisotopic (exact) mass is 390 g/mol. The minimum atomic E-state index is -0.676. The van der Waals surface area contributed by atoms with Crippen LogP contribution in [0.25, 0.3) is 0 Å². The molecule has 4 aliphatic carbocycles. The average molecular weight is 391 g/mol. The van der Waals surface area contributed by atoms with Crippen LogP contribution in [0.3, 0.4) is 0 Å². The molecule has 0 aromatic carbocycles. The highest BCUT2D eigenvalue weighted by Gasteiger charge is 2.62. The molecular weight excluding hydrogens is 356 g/mol. The largest absolute Gasteiger partial charge is 0.463 e. The van der Waals surface area contributed by atoms with E-state index in [0.717, 1.165) is 32.1 Å². The first-order chi connectivity index (χ1) is 13.2. The van der Waals surface area contributed by atoms with Crippen LogP contribution in [0.4, 0.5) is 0 Å². The normalized spacial score (nSPS) is 46.1. The molecule has 2 N–H and O–H groups in total. The van der Waals surface area contributed by atoms with Crippen molar-refractivity contribution in [2.75, 3.05) is 6.61 Å². The molecule has 4 rings (SSSR count). The third-order valence-electron chi connectivity index (χ3n) is 8.89. The van der Waals surface area contributed by atoms with E-state index >= 15 is 0 Å².